The molecule has 0 aliphatic heterocycles. The molecule has 0 saturated carbocycles. The van der Waals surface area contributed by atoms with Crippen molar-refractivity contribution in [3.8, 4) is 0 Å². The van der Waals surface area contributed by atoms with Gasteiger partial charge in [0.15, 0.2) is 5.96 Å². The molecule has 30 heavy (non-hydrogen) atoms. The second-order valence-corrected chi connectivity index (χ2v) is 7.01. The first kappa shape index (κ1) is 23.0. The number of benzene rings is 2. The van der Waals surface area contributed by atoms with E-state index >= 15 is 0 Å². The Bertz CT molecular complexity index is 997. The molecule has 0 saturated heterocycles. The molecule has 0 radical (unpaired) electrons. The molecule has 2 aromatic carbocycles. The number of rotatable bonds is 8. The van der Waals surface area contributed by atoms with Crippen LogP contribution in [0.3, 0.4) is 0 Å². The van der Waals surface area contributed by atoms with Gasteiger partial charge in [-0.05, 0) is 42.3 Å². The summed E-state index contributed by atoms with van der Waals surface area (Å²) in [7, 11) is 0. The minimum atomic E-state index is -1.00. The highest BCUT2D eigenvalue weighted by Crippen LogP contribution is 2.31. The third kappa shape index (κ3) is 6.94. The lowest BCUT2D eigenvalue weighted by atomic mass is 10.1. The molecule has 9 nitrogen and oxygen atoms in total. The summed E-state index contributed by atoms with van der Waals surface area (Å²) in [6, 6.07) is 9.20. The van der Waals surface area contributed by atoms with Crippen LogP contribution >= 0.6 is 23.2 Å². The van der Waals surface area contributed by atoms with Crippen LogP contribution in [0, 0.1) is 5.41 Å². The van der Waals surface area contributed by atoms with E-state index in [0.717, 1.165) is 0 Å². The number of aryl methyl sites for hydroxylation is 1. The van der Waals surface area contributed by atoms with Crippen LogP contribution < -0.4 is 21.7 Å². The van der Waals surface area contributed by atoms with Crippen LogP contribution in [0.2, 0.25) is 10.0 Å². The number of hydrogen-bond donors (Lipinski definition) is 6. The summed E-state index contributed by atoms with van der Waals surface area (Å²) in [5.41, 5.74) is 6.69. The predicted molar refractivity (Wildman–Crippen MR) is 115 cm³/mol. The van der Waals surface area contributed by atoms with Crippen molar-refractivity contribution in [1.29, 1.82) is 5.41 Å². The van der Waals surface area contributed by atoms with Gasteiger partial charge in [0.2, 0.25) is 5.91 Å². The van der Waals surface area contributed by atoms with Gasteiger partial charge in [-0.2, -0.15) is 0 Å². The van der Waals surface area contributed by atoms with Crippen LogP contribution in [0.5, 0.6) is 0 Å². The van der Waals surface area contributed by atoms with Gasteiger partial charge < -0.3 is 26.8 Å². The summed E-state index contributed by atoms with van der Waals surface area (Å²) in [5.74, 6) is -2.34. The quantitative estimate of drug-likeness (QED) is 0.267. The molecule has 2 aromatic rings. The molecule has 0 aromatic heterocycles. The van der Waals surface area contributed by atoms with Crippen molar-refractivity contribution in [3.63, 3.8) is 0 Å². The van der Waals surface area contributed by atoms with E-state index in [1.54, 1.807) is 18.2 Å². The predicted octanol–water partition coefficient (Wildman–Crippen LogP) is 2.68. The van der Waals surface area contributed by atoms with Crippen molar-refractivity contribution >= 4 is 58.3 Å². The van der Waals surface area contributed by atoms with Crippen molar-refractivity contribution < 1.29 is 19.5 Å². The van der Waals surface area contributed by atoms with E-state index in [1.165, 1.54) is 18.2 Å². The largest absolute Gasteiger partial charge is 0.481 e. The third-order valence-electron chi connectivity index (χ3n) is 3.82. The Balaban J connectivity index is 2.03. The first-order valence-electron chi connectivity index (χ1n) is 8.64. The lowest BCUT2D eigenvalue weighted by molar-refractivity contribution is -0.137. The molecule has 158 valence electrons. The van der Waals surface area contributed by atoms with Gasteiger partial charge in [0.1, 0.15) is 0 Å². The number of carbonyl (C=O) groups excluding carboxylic acids is 2. The number of hydrogen-bond acceptors (Lipinski definition) is 4. The number of nitrogens with one attached hydrogen (secondary N) is 4. The maximum atomic E-state index is 12.3. The Labute approximate surface area is 182 Å². The van der Waals surface area contributed by atoms with Gasteiger partial charge >= 0.3 is 5.97 Å². The summed E-state index contributed by atoms with van der Waals surface area (Å²) in [6.07, 6.45) is -0.0472. The van der Waals surface area contributed by atoms with Gasteiger partial charge in [0.05, 0.1) is 17.3 Å². The van der Waals surface area contributed by atoms with Crippen molar-refractivity contribution in [2.24, 2.45) is 5.73 Å². The van der Waals surface area contributed by atoms with Crippen LogP contribution in [0.15, 0.2) is 36.4 Å². The number of anilines is 2. The number of guanidine groups is 1. The maximum Gasteiger partial charge on any atom is 0.303 e. The summed E-state index contributed by atoms with van der Waals surface area (Å²) in [6.45, 7) is -0.347. The maximum absolute atomic E-state index is 12.3. The van der Waals surface area contributed by atoms with Gasteiger partial charge in [0, 0.05) is 22.7 Å². The Morgan fingerprint density at radius 2 is 1.83 bits per heavy atom. The monoisotopic (exact) mass is 451 g/mol. The number of carboxylic acid groups (broad SMARTS) is 1. The Hall–Kier alpha value is -3.30. The van der Waals surface area contributed by atoms with Crippen LogP contribution in [-0.4, -0.2) is 35.4 Å². The summed E-state index contributed by atoms with van der Waals surface area (Å²) < 4.78 is 0. The minimum absolute atomic E-state index is 0.119. The van der Waals surface area contributed by atoms with Crippen LogP contribution in [0.4, 0.5) is 11.4 Å². The number of aliphatic carboxylic acids is 1. The summed E-state index contributed by atoms with van der Waals surface area (Å²) >= 11 is 12.1. The molecule has 0 aliphatic rings. The molecule has 2 amide bonds. The van der Waals surface area contributed by atoms with Crippen molar-refractivity contribution in [2.45, 2.75) is 12.8 Å². The van der Waals surface area contributed by atoms with Crippen LogP contribution in [0.25, 0.3) is 0 Å². The molecule has 0 fully saturated rings. The number of carboxylic acids is 1. The Morgan fingerprint density at radius 1 is 1.10 bits per heavy atom. The second kappa shape index (κ2) is 10.5. The zero-order valence-corrected chi connectivity index (χ0v) is 17.1. The number of amides is 2. The SMILES string of the molecule is N=C(N)Nc1cccc(C(=O)NCC(=O)Nc2c(Cl)cc(Cl)cc2CCC(=O)O)c1. The van der Waals surface area contributed by atoms with Gasteiger partial charge in [0.25, 0.3) is 5.91 Å². The van der Waals surface area contributed by atoms with Crippen molar-refractivity contribution in [3.05, 3.63) is 57.6 Å². The fourth-order valence-corrected chi connectivity index (χ4v) is 3.13. The van der Waals surface area contributed by atoms with Gasteiger partial charge in [-0.15, -0.1) is 0 Å². The highest BCUT2D eigenvalue weighted by Gasteiger charge is 2.15. The van der Waals surface area contributed by atoms with E-state index in [-0.39, 0.29) is 41.6 Å². The lowest BCUT2D eigenvalue weighted by Crippen LogP contribution is -2.33. The number of carbonyl (C=O) groups is 3. The summed E-state index contributed by atoms with van der Waals surface area (Å²) in [4.78, 5) is 35.4. The second-order valence-electron chi connectivity index (χ2n) is 6.17. The van der Waals surface area contributed by atoms with E-state index in [0.29, 0.717) is 16.3 Å². The van der Waals surface area contributed by atoms with Gasteiger partial charge in [-0.25, -0.2) is 0 Å². The molecular weight excluding hydrogens is 433 g/mol. The highest BCUT2D eigenvalue weighted by atomic mass is 35.5. The topological polar surface area (TPSA) is 157 Å². The van der Waals surface area contributed by atoms with E-state index in [9.17, 15) is 14.4 Å². The Morgan fingerprint density at radius 3 is 2.50 bits per heavy atom. The molecule has 0 atom stereocenters. The molecule has 7 N–H and O–H groups in total. The van der Waals surface area contributed by atoms with E-state index in [2.05, 4.69) is 16.0 Å². The molecular formula is C19H19Cl2N5O4. The van der Waals surface area contributed by atoms with E-state index < -0.39 is 17.8 Å². The van der Waals surface area contributed by atoms with Crippen molar-refractivity contribution in [1.82, 2.24) is 5.32 Å². The molecule has 11 heteroatoms. The van der Waals surface area contributed by atoms with Crippen LogP contribution in [0.1, 0.15) is 22.3 Å². The zero-order chi connectivity index (χ0) is 22.3. The van der Waals surface area contributed by atoms with Gasteiger partial charge in [-0.1, -0.05) is 29.3 Å². The van der Waals surface area contributed by atoms with Crippen LogP contribution in [-0.2, 0) is 16.0 Å². The van der Waals surface area contributed by atoms with E-state index in [4.69, 9.17) is 39.5 Å². The molecule has 0 unspecified atom stereocenters. The number of nitrogens with two attached hydrogens (primary N) is 1. The average molecular weight is 452 g/mol. The molecule has 0 bridgehead atoms. The van der Waals surface area contributed by atoms with E-state index in [1.807, 2.05) is 0 Å². The highest BCUT2D eigenvalue weighted by molar-refractivity contribution is 6.37. The molecule has 2 rings (SSSR count). The fourth-order valence-electron chi connectivity index (χ4n) is 2.55. The van der Waals surface area contributed by atoms with Crippen molar-refractivity contribution in [2.75, 3.05) is 17.2 Å². The number of halogens is 2. The first-order chi connectivity index (χ1) is 14.2. The zero-order valence-electron chi connectivity index (χ0n) is 15.6. The summed E-state index contributed by atoms with van der Waals surface area (Å²) in [5, 5.41) is 24.2. The smallest absolute Gasteiger partial charge is 0.303 e. The molecule has 0 aliphatic carbocycles. The fraction of sp³-hybridized carbons (Fsp3) is 0.158. The lowest BCUT2D eigenvalue weighted by Gasteiger charge is -2.14. The molecule has 0 heterocycles. The average Bonchev–Trinajstić information content (AvgIpc) is 2.66. The Kier molecular flexibility index (Phi) is 8.02. The first-order valence-corrected chi connectivity index (χ1v) is 9.40. The minimum Gasteiger partial charge on any atom is -0.481 e. The standard InChI is InChI=1S/C19H19Cl2N5O4/c20-12-6-10(4-5-16(28)29)17(14(21)8-12)26-15(27)9-24-18(30)11-2-1-3-13(7-11)25-19(22)23/h1-3,6-8H,4-5,9H2,(H,24,30)(H,26,27)(H,28,29)(H4,22,23,25). The normalized spacial score (nSPS) is 10.2. The third-order valence-corrected chi connectivity index (χ3v) is 4.34. The van der Waals surface area contributed by atoms with Gasteiger partial charge in [-0.3, -0.25) is 19.8 Å². The molecule has 0 spiro atoms.